The molecular formula is C18H29N. The van der Waals surface area contributed by atoms with Gasteiger partial charge >= 0.3 is 0 Å². The predicted molar refractivity (Wildman–Crippen MR) is 83.7 cm³/mol. The lowest BCUT2D eigenvalue weighted by Crippen LogP contribution is -2.35. The smallest absolute Gasteiger partial charge is 0.0133 e. The zero-order valence-corrected chi connectivity index (χ0v) is 12.8. The van der Waals surface area contributed by atoms with Crippen LogP contribution in [0.5, 0.6) is 0 Å². The lowest BCUT2D eigenvalue weighted by molar-refractivity contribution is 0.332. The van der Waals surface area contributed by atoms with E-state index in [1.807, 2.05) is 0 Å². The van der Waals surface area contributed by atoms with Crippen molar-refractivity contribution in [1.29, 1.82) is 0 Å². The van der Waals surface area contributed by atoms with Gasteiger partial charge in [0.1, 0.15) is 0 Å². The highest BCUT2D eigenvalue weighted by molar-refractivity contribution is 5.31. The summed E-state index contributed by atoms with van der Waals surface area (Å²) in [6, 6.07) is 7.51. The second kappa shape index (κ2) is 7.09. The van der Waals surface area contributed by atoms with Gasteiger partial charge in [-0.25, -0.2) is 0 Å². The second-order valence-electron chi connectivity index (χ2n) is 6.28. The van der Waals surface area contributed by atoms with Crippen molar-refractivity contribution in [3.63, 3.8) is 0 Å². The Labute approximate surface area is 118 Å². The van der Waals surface area contributed by atoms with Crippen molar-refractivity contribution < 1.29 is 0 Å². The number of hydrogen-bond donors (Lipinski definition) is 1. The molecule has 1 aliphatic carbocycles. The highest BCUT2D eigenvalue weighted by Crippen LogP contribution is 2.27. The van der Waals surface area contributed by atoms with Gasteiger partial charge in [-0.1, -0.05) is 49.4 Å². The van der Waals surface area contributed by atoms with Crippen LogP contribution in [0.1, 0.15) is 55.2 Å². The summed E-state index contributed by atoms with van der Waals surface area (Å²) >= 11 is 0. The lowest BCUT2D eigenvalue weighted by atomic mass is 9.86. The summed E-state index contributed by atoms with van der Waals surface area (Å²) in [5, 5.41) is 3.59. The molecule has 0 spiro atoms. The van der Waals surface area contributed by atoms with Gasteiger partial charge in [-0.05, 0) is 57.2 Å². The normalized spacial score (nSPS) is 19.1. The van der Waals surface area contributed by atoms with Crippen molar-refractivity contribution in [2.24, 2.45) is 5.92 Å². The van der Waals surface area contributed by atoms with Gasteiger partial charge in [0.15, 0.2) is 0 Å². The van der Waals surface area contributed by atoms with E-state index in [0.717, 1.165) is 5.92 Å². The Hall–Kier alpha value is -0.820. The molecule has 1 N–H and O–H groups in total. The van der Waals surface area contributed by atoms with E-state index in [1.165, 1.54) is 61.6 Å². The van der Waals surface area contributed by atoms with Crippen LogP contribution in [-0.4, -0.2) is 13.1 Å². The van der Waals surface area contributed by atoms with E-state index in [1.54, 1.807) is 0 Å². The Kier molecular flexibility index (Phi) is 5.45. The summed E-state index contributed by atoms with van der Waals surface area (Å²) in [5.74, 6) is 0.868. The Balaban J connectivity index is 2.07. The molecule has 0 saturated heterocycles. The summed E-state index contributed by atoms with van der Waals surface area (Å²) in [4.78, 5) is 0. The number of hydrogen-bond acceptors (Lipinski definition) is 1. The van der Waals surface area contributed by atoms with Crippen LogP contribution in [0.2, 0.25) is 0 Å². The summed E-state index contributed by atoms with van der Waals surface area (Å²) in [5.41, 5.74) is 4.36. The number of aryl methyl sites for hydroxylation is 2. The standard InChI is InChI=1S/C18H29N/c1-14-10-11-15(2)17(12-14)13-18(19-3)16-8-6-4-5-7-9-16/h10-12,16,18-19H,4-9,13H2,1-3H3. The molecule has 1 atom stereocenters. The Morgan fingerprint density at radius 3 is 2.42 bits per heavy atom. The summed E-state index contributed by atoms with van der Waals surface area (Å²) in [6.07, 6.45) is 9.75. The zero-order valence-electron chi connectivity index (χ0n) is 12.8. The molecule has 1 saturated carbocycles. The highest BCUT2D eigenvalue weighted by atomic mass is 14.9. The minimum absolute atomic E-state index is 0.651. The van der Waals surface area contributed by atoms with Crippen molar-refractivity contribution in [1.82, 2.24) is 5.32 Å². The Morgan fingerprint density at radius 1 is 1.11 bits per heavy atom. The quantitative estimate of drug-likeness (QED) is 0.790. The van der Waals surface area contributed by atoms with Crippen molar-refractivity contribution in [2.45, 2.75) is 64.8 Å². The van der Waals surface area contributed by atoms with E-state index >= 15 is 0 Å². The van der Waals surface area contributed by atoms with Crippen LogP contribution in [0.25, 0.3) is 0 Å². The van der Waals surface area contributed by atoms with E-state index in [-0.39, 0.29) is 0 Å². The molecule has 0 aliphatic heterocycles. The first-order chi connectivity index (χ1) is 9.20. The van der Waals surface area contributed by atoms with Crippen LogP contribution in [0.15, 0.2) is 18.2 Å². The Bertz CT molecular complexity index is 389. The molecule has 1 aromatic rings. The van der Waals surface area contributed by atoms with Crippen LogP contribution in [0.3, 0.4) is 0 Å². The second-order valence-corrected chi connectivity index (χ2v) is 6.28. The molecule has 0 amide bonds. The summed E-state index contributed by atoms with van der Waals surface area (Å²) in [7, 11) is 2.14. The highest BCUT2D eigenvalue weighted by Gasteiger charge is 2.22. The predicted octanol–water partition coefficient (Wildman–Crippen LogP) is 4.40. The van der Waals surface area contributed by atoms with Gasteiger partial charge in [0.05, 0.1) is 0 Å². The molecule has 19 heavy (non-hydrogen) atoms. The molecule has 0 radical (unpaired) electrons. The molecule has 2 rings (SSSR count). The zero-order chi connectivity index (χ0) is 13.7. The van der Waals surface area contributed by atoms with Crippen LogP contribution in [0.4, 0.5) is 0 Å². The van der Waals surface area contributed by atoms with Gasteiger partial charge in [-0.3, -0.25) is 0 Å². The van der Waals surface area contributed by atoms with Crippen molar-refractivity contribution in [3.8, 4) is 0 Å². The maximum absolute atomic E-state index is 3.59. The lowest BCUT2D eigenvalue weighted by Gasteiger charge is -2.26. The number of likely N-dealkylation sites (N-methyl/N-ethyl adjacent to an activating group) is 1. The van der Waals surface area contributed by atoms with Crippen molar-refractivity contribution in [3.05, 3.63) is 34.9 Å². The molecule has 106 valence electrons. The fraction of sp³-hybridized carbons (Fsp3) is 0.667. The van der Waals surface area contributed by atoms with Gasteiger partial charge in [-0.2, -0.15) is 0 Å². The maximum Gasteiger partial charge on any atom is 0.0133 e. The van der Waals surface area contributed by atoms with E-state index in [2.05, 4.69) is 44.4 Å². The van der Waals surface area contributed by atoms with Crippen molar-refractivity contribution in [2.75, 3.05) is 7.05 Å². The summed E-state index contributed by atoms with van der Waals surface area (Å²) < 4.78 is 0. The fourth-order valence-electron chi connectivity index (χ4n) is 3.47. The number of benzene rings is 1. The molecular weight excluding hydrogens is 230 g/mol. The minimum Gasteiger partial charge on any atom is -0.316 e. The van der Waals surface area contributed by atoms with E-state index in [9.17, 15) is 0 Å². The number of nitrogens with one attached hydrogen (secondary N) is 1. The molecule has 1 aliphatic rings. The van der Waals surface area contributed by atoms with Crippen LogP contribution in [0, 0.1) is 19.8 Å². The monoisotopic (exact) mass is 259 g/mol. The topological polar surface area (TPSA) is 12.0 Å². The average Bonchev–Trinajstić information content (AvgIpc) is 2.68. The molecule has 1 heteroatoms. The van der Waals surface area contributed by atoms with Crippen LogP contribution in [-0.2, 0) is 6.42 Å². The molecule has 0 heterocycles. The first kappa shape index (κ1) is 14.6. The van der Waals surface area contributed by atoms with Crippen molar-refractivity contribution >= 4 is 0 Å². The van der Waals surface area contributed by atoms with E-state index < -0.39 is 0 Å². The first-order valence-corrected chi connectivity index (χ1v) is 7.94. The average molecular weight is 259 g/mol. The maximum atomic E-state index is 3.59. The van der Waals surface area contributed by atoms with Gasteiger partial charge in [0.2, 0.25) is 0 Å². The number of rotatable bonds is 4. The first-order valence-electron chi connectivity index (χ1n) is 7.94. The molecule has 1 unspecified atom stereocenters. The van der Waals surface area contributed by atoms with Gasteiger partial charge in [0, 0.05) is 6.04 Å². The molecule has 0 aromatic heterocycles. The van der Waals surface area contributed by atoms with Gasteiger partial charge in [-0.15, -0.1) is 0 Å². The van der Waals surface area contributed by atoms with E-state index in [0.29, 0.717) is 6.04 Å². The molecule has 1 aromatic carbocycles. The third-order valence-corrected chi connectivity index (χ3v) is 4.78. The molecule has 1 nitrogen and oxygen atoms in total. The third kappa shape index (κ3) is 4.07. The fourth-order valence-corrected chi connectivity index (χ4v) is 3.47. The van der Waals surface area contributed by atoms with Crippen LogP contribution >= 0.6 is 0 Å². The van der Waals surface area contributed by atoms with Gasteiger partial charge < -0.3 is 5.32 Å². The van der Waals surface area contributed by atoms with E-state index in [4.69, 9.17) is 0 Å². The molecule has 1 fully saturated rings. The third-order valence-electron chi connectivity index (χ3n) is 4.78. The largest absolute Gasteiger partial charge is 0.316 e. The van der Waals surface area contributed by atoms with Gasteiger partial charge in [0.25, 0.3) is 0 Å². The minimum atomic E-state index is 0.651. The van der Waals surface area contributed by atoms with Crippen LogP contribution < -0.4 is 5.32 Å². The SMILES string of the molecule is CNC(Cc1cc(C)ccc1C)C1CCCCCC1. The summed E-state index contributed by atoms with van der Waals surface area (Å²) in [6.45, 7) is 4.44. The Morgan fingerprint density at radius 2 is 1.79 bits per heavy atom. The molecule has 0 bridgehead atoms.